The maximum Gasteiger partial charge on any atom is 0.233 e. The molecule has 146 valence electrons. The molecule has 0 atom stereocenters. The van der Waals surface area contributed by atoms with Crippen LogP contribution in [0, 0.1) is 0 Å². The van der Waals surface area contributed by atoms with Crippen molar-refractivity contribution in [3.63, 3.8) is 0 Å². The normalized spacial score (nSPS) is 17.2. The molecule has 0 saturated carbocycles. The molecule has 0 unspecified atom stereocenters. The molecule has 0 bridgehead atoms. The molecular weight excluding hydrogens is 342 g/mol. The highest BCUT2D eigenvalue weighted by atomic mass is 16.5. The van der Waals surface area contributed by atoms with Gasteiger partial charge in [0, 0.05) is 19.6 Å². The van der Waals surface area contributed by atoms with Gasteiger partial charge in [0.15, 0.2) is 0 Å². The lowest BCUT2D eigenvalue weighted by Gasteiger charge is -2.30. The second-order valence-corrected chi connectivity index (χ2v) is 7.05. The van der Waals surface area contributed by atoms with Crippen molar-refractivity contribution in [1.82, 2.24) is 5.32 Å². The van der Waals surface area contributed by atoms with Gasteiger partial charge in [0.2, 0.25) is 11.8 Å². The van der Waals surface area contributed by atoms with E-state index in [1.165, 1.54) is 18.4 Å². The van der Waals surface area contributed by atoms with Crippen molar-refractivity contribution >= 4 is 23.2 Å². The summed E-state index contributed by atoms with van der Waals surface area (Å²) < 4.78 is 5.39. The highest BCUT2D eigenvalue weighted by Crippen LogP contribution is 2.26. The summed E-state index contributed by atoms with van der Waals surface area (Å²) in [5.74, 6) is -0.516. The van der Waals surface area contributed by atoms with Crippen LogP contribution < -0.4 is 15.5 Å². The standard InChI is InChI=1S/C21H29N3O3/c25-20(22-11-10-17-6-2-1-3-7-17)16-21(26)23-18-8-4-5-9-19(18)24-12-14-27-15-13-24/h4-6,8-9H,1-3,7,10-16H2,(H,22,25)(H,23,26). The summed E-state index contributed by atoms with van der Waals surface area (Å²) in [6.07, 6.45) is 7.80. The van der Waals surface area contributed by atoms with E-state index in [9.17, 15) is 9.59 Å². The minimum Gasteiger partial charge on any atom is -0.378 e. The van der Waals surface area contributed by atoms with Gasteiger partial charge in [0.25, 0.3) is 0 Å². The maximum atomic E-state index is 12.3. The van der Waals surface area contributed by atoms with Gasteiger partial charge in [-0.15, -0.1) is 0 Å². The fraction of sp³-hybridized carbons (Fsp3) is 0.524. The van der Waals surface area contributed by atoms with E-state index in [2.05, 4.69) is 21.6 Å². The number of allylic oxidation sites excluding steroid dienone is 1. The lowest BCUT2D eigenvalue weighted by atomic mass is 9.97. The molecule has 1 saturated heterocycles. The van der Waals surface area contributed by atoms with E-state index in [1.54, 1.807) is 0 Å². The van der Waals surface area contributed by atoms with Gasteiger partial charge in [-0.2, -0.15) is 0 Å². The molecule has 2 amide bonds. The number of benzene rings is 1. The molecule has 1 aromatic carbocycles. The number of anilines is 2. The molecule has 1 aromatic rings. The van der Waals surface area contributed by atoms with Crippen molar-refractivity contribution < 1.29 is 14.3 Å². The van der Waals surface area contributed by atoms with Crippen LogP contribution in [0.4, 0.5) is 11.4 Å². The quantitative estimate of drug-likeness (QED) is 0.571. The Kier molecular flexibility index (Phi) is 7.27. The number of rotatable bonds is 7. The molecule has 0 spiro atoms. The second kappa shape index (κ2) is 10.1. The predicted molar refractivity (Wildman–Crippen MR) is 107 cm³/mol. The molecule has 0 radical (unpaired) electrons. The Morgan fingerprint density at radius 1 is 1.07 bits per heavy atom. The summed E-state index contributed by atoms with van der Waals surface area (Å²) in [4.78, 5) is 26.5. The molecule has 3 rings (SSSR count). The van der Waals surface area contributed by atoms with Crippen LogP contribution in [0.2, 0.25) is 0 Å². The lowest BCUT2D eigenvalue weighted by Crippen LogP contribution is -2.37. The Bertz CT molecular complexity index is 681. The van der Waals surface area contributed by atoms with Gasteiger partial charge in [-0.1, -0.05) is 23.8 Å². The van der Waals surface area contributed by atoms with Gasteiger partial charge in [-0.3, -0.25) is 9.59 Å². The number of para-hydroxylation sites is 2. The first-order valence-electron chi connectivity index (χ1n) is 9.88. The van der Waals surface area contributed by atoms with E-state index >= 15 is 0 Å². The summed E-state index contributed by atoms with van der Waals surface area (Å²) in [7, 11) is 0. The number of morpholine rings is 1. The molecular formula is C21H29N3O3. The number of hydrogen-bond donors (Lipinski definition) is 2. The summed E-state index contributed by atoms with van der Waals surface area (Å²) in [5.41, 5.74) is 3.13. The average Bonchev–Trinajstić information content (AvgIpc) is 2.70. The monoisotopic (exact) mass is 371 g/mol. The first kappa shape index (κ1) is 19.4. The minimum absolute atomic E-state index is 0.156. The second-order valence-electron chi connectivity index (χ2n) is 7.05. The molecule has 1 aliphatic heterocycles. The summed E-state index contributed by atoms with van der Waals surface area (Å²) in [5, 5.41) is 5.74. The summed E-state index contributed by atoms with van der Waals surface area (Å²) >= 11 is 0. The fourth-order valence-corrected chi connectivity index (χ4v) is 3.56. The highest BCUT2D eigenvalue weighted by Gasteiger charge is 2.17. The number of hydrogen-bond acceptors (Lipinski definition) is 4. The van der Waals surface area contributed by atoms with Crippen LogP contribution in [0.1, 0.15) is 38.5 Å². The number of nitrogens with zero attached hydrogens (tertiary/aromatic N) is 1. The molecule has 1 fully saturated rings. The molecule has 0 aromatic heterocycles. The Morgan fingerprint density at radius 3 is 2.67 bits per heavy atom. The van der Waals surface area contributed by atoms with E-state index in [1.807, 2.05) is 24.3 Å². The molecule has 1 heterocycles. The van der Waals surface area contributed by atoms with E-state index < -0.39 is 0 Å². The Labute approximate surface area is 161 Å². The van der Waals surface area contributed by atoms with Gasteiger partial charge in [-0.25, -0.2) is 0 Å². The Morgan fingerprint density at radius 2 is 1.89 bits per heavy atom. The molecule has 27 heavy (non-hydrogen) atoms. The first-order valence-corrected chi connectivity index (χ1v) is 9.88. The largest absolute Gasteiger partial charge is 0.378 e. The molecule has 6 nitrogen and oxygen atoms in total. The van der Waals surface area contributed by atoms with Crippen LogP contribution in [0.5, 0.6) is 0 Å². The van der Waals surface area contributed by atoms with Crippen molar-refractivity contribution in [3.05, 3.63) is 35.9 Å². The zero-order valence-electron chi connectivity index (χ0n) is 15.8. The van der Waals surface area contributed by atoms with Crippen LogP contribution in [-0.2, 0) is 14.3 Å². The minimum atomic E-state index is -0.287. The third-order valence-electron chi connectivity index (χ3n) is 5.00. The number of nitrogens with one attached hydrogen (secondary N) is 2. The van der Waals surface area contributed by atoms with Gasteiger partial charge in [-0.05, 0) is 44.2 Å². The number of ether oxygens (including phenoxy) is 1. The van der Waals surface area contributed by atoms with E-state index in [4.69, 9.17) is 4.74 Å². The number of carbonyl (C=O) groups excluding carboxylic acids is 2. The van der Waals surface area contributed by atoms with Gasteiger partial charge >= 0.3 is 0 Å². The van der Waals surface area contributed by atoms with E-state index in [0.717, 1.165) is 43.7 Å². The molecule has 2 aliphatic rings. The SMILES string of the molecule is O=C(CC(=O)Nc1ccccc1N1CCOCC1)NCCC1=CCCCC1. The zero-order chi connectivity index (χ0) is 18.9. The van der Waals surface area contributed by atoms with E-state index in [-0.39, 0.29) is 18.2 Å². The highest BCUT2D eigenvalue weighted by molar-refractivity contribution is 6.04. The zero-order valence-corrected chi connectivity index (χ0v) is 15.8. The van der Waals surface area contributed by atoms with Gasteiger partial charge in [0.1, 0.15) is 6.42 Å². The fourth-order valence-electron chi connectivity index (χ4n) is 3.56. The van der Waals surface area contributed by atoms with Crippen molar-refractivity contribution in [2.24, 2.45) is 0 Å². The van der Waals surface area contributed by atoms with Crippen molar-refractivity contribution in [1.29, 1.82) is 0 Å². The number of carbonyl (C=O) groups is 2. The van der Waals surface area contributed by atoms with Gasteiger partial charge < -0.3 is 20.3 Å². The van der Waals surface area contributed by atoms with Crippen LogP contribution in [0.3, 0.4) is 0 Å². The van der Waals surface area contributed by atoms with Crippen LogP contribution >= 0.6 is 0 Å². The van der Waals surface area contributed by atoms with Gasteiger partial charge in [0.05, 0.1) is 24.6 Å². The van der Waals surface area contributed by atoms with Crippen molar-refractivity contribution in [2.75, 3.05) is 43.1 Å². The Balaban J connectivity index is 1.46. The van der Waals surface area contributed by atoms with Crippen LogP contribution in [0.15, 0.2) is 35.9 Å². The van der Waals surface area contributed by atoms with Crippen molar-refractivity contribution in [3.8, 4) is 0 Å². The number of amides is 2. The molecule has 1 aliphatic carbocycles. The third kappa shape index (κ3) is 6.10. The Hall–Kier alpha value is -2.34. The maximum absolute atomic E-state index is 12.3. The lowest BCUT2D eigenvalue weighted by molar-refractivity contribution is -0.126. The molecule has 2 N–H and O–H groups in total. The summed E-state index contributed by atoms with van der Waals surface area (Å²) in [6.45, 7) is 3.55. The predicted octanol–water partition coefficient (Wildman–Crippen LogP) is 2.86. The van der Waals surface area contributed by atoms with Crippen LogP contribution in [-0.4, -0.2) is 44.7 Å². The van der Waals surface area contributed by atoms with Crippen molar-refractivity contribution in [2.45, 2.75) is 38.5 Å². The topological polar surface area (TPSA) is 70.7 Å². The first-order chi connectivity index (χ1) is 13.2. The third-order valence-corrected chi connectivity index (χ3v) is 5.00. The smallest absolute Gasteiger partial charge is 0.233 e. The van der Waals surface area contributed by atoms with Crippen LogP contribution in [0.25, 0.3) is 0 Å². The summed E-state index contributed by atoms with van der Waals surface area (Å²) in [6, 6.07) is 7.69. The van der Waals surface area contributed by atoms with E-state index in [0.29, 0.717) is 19.8 Å². The average molecular weight is 371 g/mol. The molecule has 6 heteroatoms.